The van der Waals surface area contributed by atoms with Crippen LogP contribution in [0.25, 0.3) is 10.6 Å². The third-order valence-corrected chi connectivity index (χ3v) is 5.43. The second-order valence-corrected chi connectivity index (χ2v) is 6.99. The van der Waals surface area contributed by atoms with Crippen LogP contribution in [0.5, 0.6) is 0 Å². The average molecular weight is 346 g/mol. The van der Waals surface area contributed by atoms with Crippen LogP contribution >= 0.6 is 11.3 Å². The van der Waals surface area contributed by atoms with Crippen LogP contribution in [0.4, 0.5) is 0 Å². The van der Waals surface area contributed by atoms with E-state index in [0.29, 0.717) is 6.04 Å². The van der Waals surface area contributed by atoms with Crippen molar-refractivity contribution in [3.63, 3.8) is 0 Å². The van der Waals surface area contributed by atoms with Gasteiger partial charge in [0, 0.05) is 30.1 Å². The number of aliphatic hydroxyl groups excluding tert-OH is 1. The summed E-state index contributed by atoms with van der Waals surface area (Å²) in [5.41, 5.74) is 2.26. The number of carbonyl (C=O) groups is 1. The van der Waals surface area contributed by atoms with Crippen molar-refractivity contribution in [1.29, 1.82) is 0 Å². The Labute approximate surface area is 145 Å². The zero-order valence-electron chi connectivity index (χ0n) is 13.5. The van der Waals surface area contributed by atoms with Crippen LogP contribution in [0.15, 0.2) is 29.6 Å². The molecule has 2 N–H and O–H groups in total. The first-order chi connectivity index (χ1) is 11.7. The Morgan fingerprint density at radius 3 is 2.92 bits per heavy atom. The Kier molecular flexibility index (Phi) is 5.60. The summed E-state index contributed by atoms with van der Waals surface area (Å²) in [6, 6.07) is 8.48. The lowest BCUT2D eigenvalue weighted by Crippen LogP contribution is -2.39. The first kappa shape index (κ1) is 17.1. The molecule has 2 heterocycles. The Morgan fingerprint density at radius 2 is 2.17 bits per heavy atom. The molecule has 1 aliphatic rings. The summed E-state index contributed by atoms with van der Waals surface area (Å²) >= 11 is 1.37. The van der Waals surface area contributed by atoms with Crippen LogP contribution < -0.4 is 0 Å². The number of aromatic nitrogens is 1. The lowest BCUT2D eigenvalue weighted by molar-refractivity contribution is 0.0691. The minimum absolute atomic E-state index is 0.0981. The fourth-order valence-corrected chi connectivity index (χ4v) is 4.18. The van der Waals surface area contributed by atoms with Crippen molar-refractivity contribution in [2.45, 2.75) is 38.3 Å². The van der Waals surface area contributed by atoms with E-state index in [0.717, 1.165) is 42.1 Å². The van der Waals surface area contributed by atoms with Gasteiger partial charge in [-0.25, -0.2) is 9.78 Å². The van der Waals surface area contributed by atoms with E-state index in [1.807, 2.05) is 18.2 Å². The van der Waals surface area contributed by atoms with Crippen LogP contribution in [0.1, 0.15) is 41.7 Å². The van der Waals surface area contributed by atoms with E-state index in [-0.39, 0.29) is 12.3 Å². The smallest absolute Gasteiger partial charge is 0.355 e. The molecule has 128 valence electrons. The molecule has 0 amide bonds. The van der Waals surface area contributed by atoms with Gasteiger partial charge in [0.2, 0.25) is 0 Å². The van der Waals surface area contributed by atoms with Crippen LogP contribution in [0, 0.1) is 0 Å². The van der Waals surface area contributed by atoms with Gasteiger partial charge in [-0.2, -0.15) is 0 Å². The van der Waals surface area contributed by atoms with Crippen LogP contribution in [0.3, 0.4) is 0 Å². The zero-order chi connectivity index (χ0) is 16.9. The normalized spacial score (nSPS) is 18.6. The molecule has 1 aliphatic heterocycles. The maximum atomic E-state index is 11.1. The highest BCUT2D eigenvalue weighted by atomic mass is 32.1. The highest BCUT2D eigenvalue weighted by molar-refractivity contribution is 7.13. The number of nitrogens with zero attached hydrogens (tertiary/aromatic N) is 2. The molecule has 2 aromatic rings. The number of carboxylic acids is 1. The Balaban J connectivity index is 1.84. The van der Waals surface area contributed by atoms with E-state index >= 15 is 0 Å². The van der Waals surface area contributed by atoms with Gasteiger partial charge in [-0.15, -0.1) is 11.3 Å². The molecule has 6 heteroatoms. The van der Waals surface area contributed by atoms with Gasteiger partial charge in [-0.05, 0) is 31.4 Å². The molecule has 24 heavy (non-hydrogen) atoms. The van der Waals surface area contributed by atoms with Gasteiger partial charge in [0.05, 0.1) is 0 Å². The van der Waals surface area contributed by atoms with Crippen molar-refractivity contribution in [3.8, 4) is 10.6 Å². The number of piperidine rings is 1. The molecule has 1 fully saturated rings. The maximum Gasteiger partial charge on any atom is 0.355 e. The Bertz CT molecular complexity index is 699. The van der Waals surface area contributed by atoms with E-state index in [4.69, 9.17) is 5.11 Å². The number of aromatic carboxylic acids is 1. The van der Waals surface area contributed by atoms with Gasteiger partial charge in [0.15, 0.2) is 5.69 Å². The predicted molar refractivity (Wildman–Crippen MR) is 94.3 cm³/mol. The molecule has 1 aromatic carbocycles. The summed E-state index contributed by atoms with van der Waals surface area (Å²) in [6.07, 6.45) is 4.34. The summed E-state index contributed by atoms with van der Waals surface area (Å²) in [5, 5.41) is 20.7. The first-order valence-electron chi connectivity index (χ1n) is 8.31. The van der Waals surface area contributed by atoms with E-state index < -0.39 is 5.97 Å². The third-order valence-electron chi connectivity index (χ3n) is 4.56. The molecule has 1 unspecified atom stereocenters. The van der Waals surface area contributed by atoms with Crippen molar-refractivity contribution in [1.82, 2.24) is 9.88 Å². The number of hydrogen-bond acceptors (Lipinski definition) is 5. The Hall–Kier alpha value is -1.76. The van der Waals surface area contributed by atoms with Crippen molar-refractivity contribution in [2.24, 2.45) is 0 Å². The second kappa shape index (κ2) is 7.88. The lowest BCUT2D eigenvalue weighted by atomic mass is 9.98. The lowest BCUT2D eigenvalue weighted by Gasteiger charge is -2.35. The van der Waals surface area contributed by atoms with Gasteiger partial charge < -0.3 is 10.2 Å². The standard InChI is InChI=1S/C18H22N2O3S/c21-10-8-14-6-3-4-9-20(14)11-13-5-1-2-7-15(13)17-19-16(12-24-17)18(22)23/h1-2,5,7,12,14,21H,3-4,6,8-11H2,(H,22,23). The topological polar surface area (TPSA) is 73.7 Å². The number of likely N-dealkylation sites (tertiary alicyclic amines) is 1. The van der Waals surface area contributed by atoms with Crippen LogP contribution in [-0.2, 0) is 6.54 Å². The number of carboxylic acid groups (broad SMARTS) is 1. The van der Waals surface area contributed by atoms with Crippen molar-refractivity contribution in [2.75, 3.05) is 13.2 Å². The van der Waals surface area contributed by atoms with E-state index in [1.54, 1.807) is 5.38 Å². The average Bonchev–Trinajstić information content (AvgIpc) is 3.07. The SMILES string of the molecule is O=C(O)c1csc(-c2ccccc2CN2CCCCC2CCO)n1. The predicted octanol–water partition coefficient (Wildman–Crippen LogP) is 3.25. The summed E-state index contributed by atoms with van der Waals surface area (Å²) in [7, 11) is 0. The highest BCUT2D eigenvalue weighted by Crippen LogP contribution is 2.30. The van der Waals surface area contributed by atoms with E-state index in [9.17, 15) is 9.90 Å². The highest BCUT2D eigenvalue weighted by Gasteiger charge is 2.23. The minimum atomic E-state index is -0.992. The number of thiazole rings is 1. The fourth-order valence-electron chi connectivity index (χ4n) is 3.33. The van der Waals surface area contributed by atoms with Gasteiger partial charge >= 0.3 is 5.97 Å². The van der Waals surface area contributed by atoms with Gasteiger partial charge in [0.1, 0.15) is 5.01 Å². The number of aliphatic hydroxyl groups is 1. The first-order valence-corrected chi connectivity index (χ1v) is 9.19. The summed E-state index contributed by atoms with van der Waals surface area (Å²) in [4.78, 5) is 17.8. The van der Waals surface area contributed by atoms with E-state index in [1.165, 1.54) is 24.2 Å². The molecular formula is C18H22N2O3S. The largest absolute Gasteiger partial charge is 0.476 e. The molecule has 1 aromatic heterocycles. The third kappa shape index (κ3) is 3.83. The van der Waals surface area contributed by atoms with Gasteiger partial charge in [-0.3, -0.25) is 4.90 Å². The van der Waals surface area contributed by atoms with E-state index in [2.05, 4.69) is 16.0 Å². The summed E-state index contributed by atoms with van der Waals surface area (Å²) < 4.78 is 0. The summed E-state index contributed by atoms with van der Waals surface area (Å²) in [6.45, 7) is 2.07. The second-order valence-electron chi connectivity index (χ2n) is 6.13. The van der Waals surface area contributed by atoms with Crippen molar-refractivity contribution in [3.05, 3.63) is 40.9 Å². The maximum absolute atomic E-state index is 11.1. The van der Waals surface area contributed by atoms with Crippen LogP contribution in [0.2, 0.25) is 0 Å². The fraction of sp³-hybridized carbons (Fsp3) is 0.444. The molecule has 0 bridgehead atoms. The number of benzene rings is 1. The molecule has 1 atom stereocenters. The molecule has 0 spiro atoms. The van der Waals surface area contributed by atoms with Crippen molar-refractivity contribution < 1.29 is 15.0 Å². The molecule has 0 saturated carbocycles. The van der Waals surface area contributed by atoms with Gasteiger partial charge in [0.25, 0.3) is 0 Å². The molecule has 5 nitrogen and oxygen atoms in total. The minimum Gasteiger partial charge on any atom is -0.476 e. The van der Waals surface area contributed by atoms with Crippen LogP contribution in [-0.4, -0.2) is 45.3 Å². The summed E-state index contributed by atoms with van der Waals surface area (Å²) in [5.74, 6) is -0.992. The van der Waals surface area contributed by atoms with Crippen molar-refractivity contribution >= 4 is 17.3 Å². The molecule has 0 aliphatic carbocycles. The molecule has 3 rings (SSSR count). The monoisotopic (exact) mass is 346 g/mol. The molecule has 1 saturated heterocycles. The quantitative estimate of drug-likeness (QED) is 0.840. The number of hydrogen-bond donors (Lipinski definition) is 2. The zero-order valence-corrected chi connectivity index (χ0v) is 14.3. The number of rotatable bonds is 6. The van der Waals surface area contributed by atoms with Gasteiger partial charge in [-0.1, -0.05) is 30.7 Å². The molecule has 0 radical (unpaired) electrons. The Morgan fingerprint density at radius 1 is 1.33 bits per heavy atom. The molecular weight excluding hydrogens is 324 g/mol.